The van der Waals surface area contributed by atoms with E-state index in [9.17, 15) is 4.39 Å². The number of nitrogens with one attached hydrogen (secondary N) is 2. The van der Waals surface area contributed by atoms with Crippen molar-refractivity contribution in [3.05, 3.63) is 35.9 Å². The smallest absolute Gasteiger partial charge is 0.142 e. The van der Waals surface area contributed by atoms with Gasteiger partial charge in [0.1, 0.15) is 22.9 Å². The maximum Gasteiger partial charge on any atom is 0.142 e. The van der Waals surface area contributed by atoms with E-state index >= 15 is 0 Å². The Labute approximate surface area is 95.0 Å². The van der Waals surface area contributed by atoms with Crippen LogP contribution in [-0.4, -0.2) is 20.8 Å². The Kier molecular flexibility index (Phi) is 1.85. The Bertz CT molecular complexity index is 746. The second-order valence-corrected chi connectivity index (χ2v) is 3.67. The molecule has 3 heterocycles. The third-order valence-electron chi connectivity index (χ3n) is 2.60. The molecule has 0 aromatic carbocycles. The Balaban J connectivity index is 2.56. The predicted molar refractivity (Wildman–Crippen MR) is 62.4 cm³/mol. The quantitative estimate of drug-likeness (QED) is 0.436. The molecule has 3 rings (SSSR count). The third kappa shape index (κ3) is 1.34. The highest BCUT2D eigenvalue weighted by molar-refractivity contribution is 6.16. The van der Waals surface area contributed by atoms with Gasteiger partial charge in [-0.1, -0.05) is 0 Å². The van der Waals surface area contributed by atoms with Gasteiger partial charge in [0.25, 0.3) is 0 Å². The lowest BCUT2D eigenvalue weighted by Gasteiger charge is -1.99. The van der Waals surface area contributed by atoms with Crippen molar-refractivity contribution in [2.45, 2.75) is 0 Å². The minimum atomic E-state index is -0.434. The lowest BCUT2D eigenvalue weighted by Crippen LogP contribution is -2.11. The van der Waals surface area contributed by atoms with Gasteiger partial charge in [-0.25, -0.2) is 14.4 Å². The molecule has 0 fully saturated rings. The summed E-state index contributed by atoms with van der Waals surface area (Å²) in [5.41, 5.74) is 7.09. The summed E-state index contributed by atoms with van der Waals surface area (Å²) in [5.74, 6) is -0.515. The Morgan fingerprint density at radius 3 is 2.94 bits per heavy atom. The number of hydrogen-bond acceptors (Lipinski definition) is 3. The van der Waals surface area contributed by atoms with Gasteiger partial charge in [0, 0.05) is 22.5 Å². The molecule has 0 radical (unpaired) electrons. The molecule has 84 valence electrons. The lowest BCUT2D eigenvalue weighted by atomic mass is 10.1. The van der Waals surface area contributed by atoms with Gasteiger partial charge in [0.15, 0.2) is 0 Å². The molecule has 17 heavy (non-hydrogen) atoms. The highest BCUT2D eigenvalue weighted by Gasteiger charge is 2.12. The Hall–Kier alpha value is -2.50. The zero-order chi connectivity index (χ0) is 12.0. The highest BCUT2D eigenvalue weighted by Crippen LogP contribution is 2.25. The maximum atomic E-state index is 13.2. The molecule has 6 heteroatoms. The molecular weight excluding hydrogens is 221 g/mol. The number of halogens is 1. The van der Waals surface area contributed by atoms with Crippen molar-refractivity contribution in [2.24, 2.45) is 5.73 Å². The number of aromatic nitrogens is 3. The minimum absolute atomic E-state index is 0.0810. The molecule has 0 bridgehead atoms. The van der Waals surface area contributed by atoms with Crippen LogP contribution >= 0.6 is 0 Å². The maximum absolute atomic E-state index is 13.2. The van der Waals surface area contributed by atoms with Crippen LogP contribution in [0.1, 0.15) is 5.56 Å². The number of nitrogen functional groups attached to an aromatic ring is 1. The van der Waals surface area contributed by atoms with E-state index in [-0.39, 0.29) is 5.84 Å². The zero-order valence-electron chi connectivity index (χ0n) is 8.66. The molecule has 0 saturated carbocycles. The van der Waals surface area contributed by atoms with Gasteiger partial charge in [-0.05, 0) is 12.1 Å². The molecule has 4 N–H and O–H groups in total. The molecule has 0 aliphatic carbocycles. The van der Waals surface area contributed by atoms with Gasteiger partial charge in [0.2, 0.25) is 0 Å². The van der Waals surface area contributed by atoms with Crippen molar-refractivity contribution < 1.29 is 4.39 Å². The van der Waals surface area contributed by atoms with E-state index in [0.717, 1.165) is 6.20 Å². The fraction of sp³-hybridized carbons (Fsp3) is 0. The Morgan fingerprint density at radius 2 is 2.18 bits per heavy atom. The third-order valence-corrected chi connectivity index (χ3v) is 2.60. The normalized spacial score (nSPS) is 11.1. The van der Waals surface area contributed by atoms with Crippen LogP contribution in [0.5, 0.6) is 0 Å². The van der Waals surface area contributed by atoms with Gasteiger partial charge in [-0.2, -0.15) is 0 Å². The first-order chi connectivity index (χ1) is 8.16. The van der Waals surface area contributed by atoms with E-state index in [1.54, 1.807) is 12.3 Å². The first kappa shape index (κ1) is 9.71. The minimum Gasteiger partial charge on any atom is -0.384 e. The summed E-state index contributed by atoms with van der Waals surface area (Å²) in [6.07, 6.45) is 2.68. The van der Waals surface area contributed by atoms with Gasteiger partial charge < -0.3 is 10.7 Å². The van der Waals surface area contributed by atoms with E-state index in [2.05, 4.69) is 15.0 Å². The van der Waals surface area contributed by atoms with Crippen molar-refractivity contribution >= 4 is 27.9 Å². The van der Waals surface area contributed by atoms with Gasteiger partial charge in [-0.3, -0.25) is 5.41 Å². The first-order valence-electron chi connectivity index (χ1n) is 4.93. The largest absolute Gasteiger partial charge is 0.384 e. The summed E-state index contributed by atoms with van der Waals surface area (Å²) in [7, 11) is 0. The number of rotatable bonds is 1. The van der Waals surface area contributed by atoms with Crippen LogP contribution in [0.4, 0.5) is 4.39 Å². The summed E-state index contributed by atoms with van der Waals surface area (Å²) in [5, 5.41) is 8.72. The number of aromatic amines is 1. The van der Waals surface area contributed by atoms with Crippen molar-refractivity contribution in [3.63, 3.8) is 0 Å². The number of fused-ring (bicyclic) bond motifs is 3. The first-order valence-corrected chi connectivity index (χ1v) is 4.93. The van der Waals surface area contributed by atoms with E-state index < -0.39 is 5.82 Å². The van der Waals surface area contributed by atoms with E-state index in [4.69, 9.17) is 11.1 Å². The average Bonchev–Trinajstić information content (AvgIpc) is 2.66. The van der Waals surface area contributed by atoms with Crippen molar-refractivity contribution in [1.82, 2.24) is 15.0 Å². The average molecular weight is 229 g/mol. The summed E-state index contributed by atoms with van der Waals surface area (Å²) in [6.45, 7) is 0. The van der Waals surface area contributed by atoms with Crippen LogP contribution < -0.4 is 5.73 Å². The monoisotopic (exact) mass is 229 g/mol. The SMILES string of the molecule is N=C(N)c1ccnc2[nH]c3ncc(F)cc3c12. The Morgan fingerprint density at radius 1 is 1.35 bits per heavy atom. The van der Waals surface area contributed by atoms with E-state index in [1.165, 1.54) is 6.07 Å². The van der Waals surface area contributed by atoms with Crippen LogP contribution in [0.15, 0.2) is 24.5 Å². The number of H-pyrrole nitrogens is 1. The van der Waals surface area contributed by atoms with Crippen molar-refractivity contribution in [1.29, 1.82) is 5.41 Å². The molecule has 0 aliphatic heterocycles. The lowest BCUT2D eigenvalue weighted by molar-refractivity contribution is 0.624. The number of nitrogens with two attached hydrogens (primary N) is 1. The highest BCUT2D eigenvalue weighted by atomic mass is 19.1. The van der Waals surface area contributed by atoms with E-state index in [0.29, 0.717) is 27.6 Å². The van der Waals surface area contributed by atoms with Crippen LogP contribution in [0.3, 0.4) is 0 Å². The molecule has 0 saturated heterocycles. The number of hydrogen-bond donors (Lipinski definition) is 3. The standard InChI is InChI=1S/C11H8FN5/c12-5-3-7-8-6(9(13)14)1-2-15-11(8)17-10(7)16-4-5/h1-4H,(H3,13,14)(H,15,16,17). The number of amidine groups is 1. The summed E-state index contributed by atoms with van der Waals surface area (Å²) < 4.78 is 13.2. The fourth-order valence-electron chi connectivity index (χ4n) is 1.90. The second-order valence-electron chi connectivity index (χ2n) is 3.67. The molecule has 0 spiro atoms. The molecular formula is C11H8FN5. The predicted octanol–water partition coefficient (Wildman–Crippen LogP) is 1.53. The number of nitrogens with zero attached hydrogens (tertiary/aromatic N) is 2. The second kappa shape index (κ2) is 3.24. The van der Waals surface area contributed by atoms with Gasteiger partial charge in [0.05, 0.1) is 6.20 Å². The summed E-state index contributed by atoms with van der Waals surface area (Å²) >= 11 is 0. The molecule has 0 atom stereocenters. The molecule has 3 aromatic heterocycles. The van der Waals surface area contributed by atoms with Gasteiger partial charge >= 0.3 is 0 Å². The fourth-order valence-corrected chi connectivity index (χ4v) is 1.90. The molecule has 0 amide bonds. The van der Waals surface area contributed by atoms with Crippen LogP contribution in [0.2, 0.25) is 0 Å². The van der Waals surface area contributed by atoms with Crippen molar-refractivity contribution in [3.8, 4) is 0 Å². The van der Waals surface area contributed by atoms with Crippen molar-refractivity contribution in [2.75, 3.05) is 0 Å². The zero-order valence-corrected chi connectivity index (χ0v) is 8.66. The molecule has 5 nitrogen and oxygen atoms in total. The van der Waals surface area contributed by atoms with E-state index in [1.807, 2.05) is 0 Å². The molecule has 0 unspecified atom stereocenters. The van der Waals surface area contributed by atoms with Gasteiger partial charge in [-0.15, -0.1) is 0 Å². The van der Waals surface area contributed by atoms with Crippen LogP contribution in [0.25, 0.3) is 22.1 Å². The molecule has 0 aliphatic rings. The summed E-state index contributed by atoms with van der Waals surface area (Å²) in [4.78, 5) is 11.0. The van der Waals surface area contributed by atoms with Crippen LogP contribution in [0, 0.1) is 11.2 Å². The molecule has 3 aromatic rings. The summed E-state index contributed by atoms with van der Waals surface area (Å²) in [6, 6.07) is 2.98. The topological polar surface area (TPSA) is 91.4 Å². The number of pyridine rings is 2. The van der Waals surface area contributed by atoms with Crippen LogP contribution in [-0.2, 0) is 0 Å².